The van der Waals surface area contributed by atoms with Crippen molar-refractivity contribution < 1.29 is 14.3 Å². The Morgan fingerprint density at radius 3 is 3.00 bits per heavy atom. The average molecular weight is 459 g/mol. The van der Waals surface area contributed by atoms with E-state index in [1.807, 2.05) is 43.3 Å². The average Bonchev–Trinajstić information content (AvgIpc) is 3.45. The summed E-state index contributed by atoms with van der Waals surface area (Å²) in [4.78, 5) is 20.1. The van der Waals surface area contributed by atoms with Gasteiger partial charge in [-0.05, 0) is 62.1 Å². The molecule has 3 aromatic rings. The van der Waals surface area contributed by atoms with Crippen molar-refractivity contribution >= 4 is 44.2 Å². The number of carbonyl (C=O) groups excluding carboxylic acids is 1. The van der Waals surface area contributed by atoms with Crippen LogP contribution in [-0.2, 0) is 4.74 Å². The number of nitrogens with zero attached hydrogens (tertiary/aromatic N) is 2. The lowest BCUT2D eigenvalue weighted by Gasteiger charge is -2.23. The van der Waals surface area contributed by atoms with Crippen molar-refractivity contribution in [3.05, 3.63) is 52.5 Å². The van der Waals surface area contributed by atoms with E-state index in [4.69, 9.17) is 26.1 Å². The number of hydrogen-bond donors (Lipinski definition) is 0. The Bertz CT molecular complexity index is 1060. The molecule has 0 radical (unpaired) electrons. The van der Waals surface area contributed by atoms with E-state index in [0.29, 0.717) is 34.6 Å². The lowest BCUT2D eigenvalue weighted by molar-refractivity contribution is 0.0917. The first-order valence-corrected chi connectivity index (χ1v) is 12.0. The molecule has 1 saturated heterocycles. The molecule has 1 aromatic heterocycles. The predicted molar refractivity (Wildman–Crippen MR) is 127 cm³/mol. The number of amides is 1. The summed E-state index contributed by atoms with van der Waals surface area (Å²) in [6.07, 6.45) is 4.03. The summed E-state index contributed by atoms with van der Waals surface area (Å²) >= 11 is 7.80. The summed E-state index contributed by atoms with van der Waals surface area (Å²) in [5.74, 6) is 0.613. The second-order valence-electron chi connectivity index (χ2n) is 7.80. The van der Waals surface area contributed by atoms with Gasteiger partial charge in [-0.3, -0.25) is 9.69 Å². The molecule has 1 fully saturated rings. The monoisotopic (exact) mass is 458 g/mol. The van der Waals surface area contributed by atoms with Crippen molar-refractivity contribution in [3.8, 4) is 5.75 Å². The Morgan fingerprint density at radius 2 is 2.23 bits per heavy atom. The number of ether oxygens (including phenoxy) is 2. The van der Waals surface area contributed by atoms with E-state index in [1.54, 1.807) is 4.90 Å². The molecule has 0 saturated carbocycles. The van der Waals surface area contributed by atoms with Gasteiger partial charge in [-0.1, -0.05) is 42.3 Å². The lowest BCUT2D eigenvalue weighted by Crippen LogP contribution is -2.37. The van der Waals surface area contributed by atoms with Crippen molar-refractivity contribution in [2.24, 2.45) is 0 Å². The number of aryl methyl sites for hydroxylation is 1. The summed E-state index contributed by atoms with van der Waals surface area (Å²) in [5, 5.41) is 1.34. The Kier molecular flexibility index (Phi) is 7.10. The highest BCUT2D eigenvalue weighted by Gasteiger charge is 2.27. The second kappa shape index (κ2) is 9.98. The third-order valence-corrected chi connectivity index (χ3v) is 6.92. The summed E-state index contributed by atoms with van der Waals surface area (Å²) in [6, 6.07) is 11.2. The fourth-order valence-corrected chi connectivity index (χ4v) is 4.84. The Morgan fingerprint density at radius 1 is 1.35 bits per heavy atom. The number of unbranched alkanes of at least 4 members (excludes halogenated alkanes) is 1. The maximum Gasteiger partial charge on any atom is 0.260 e. The van der Waals surface area contributed by atoms with Gasteiger partial charge < -0.3 is 9.47 Å². The molecule has 1 atom stereocenters. The minimum atomic E-state index is -0.0979. The van der Waals surface area contributed by atoms with Gasteiger partial charge in [-0.15, -0.1) is 0 Å². The van der Waals surface area contributed by atoms with Crippen LogP contribution < -0.4 is 9.64 Å². The number of hydrogen-bond acceptors (Lipinski definition) is 5. The molecule has 164 valence electrons. The Hall–Kier alpha value is -2.15. The van der Waals surface area contributed by atoms with Crippen LogP contribution in [0.15, 0.2) is 36.4 Å². The molecule has 0 spiro atoms. The van der Waals surface area contributed by atoms with Crippen molar-refractivity contribution in [1.82, 2.24) is 4.98 Å². The predicted octanol–water partition coefficient (Wildman–Crippen LogP) is 6.26. The molecule has 0 bridgehead atoms. The number of benzene rings is 2. The van der Waals surface area contributed by atoms with Gasteiger partial charge in [0.05, 0.1) is 29.5 Å². The van der Waals surface area contributed by atoms with Crippen LogP contribution in [-0.4, -0.2) is 36.8 Å². The molecule has 7 heteroatoms. The number of anilines is 1. The smallest absolute Gasteiger partial charge is 0.260 e. The van der Waals surface area contributed by atoms with Gasteiger partial charge >= 0.3 is 0 Å². The summed E-state index contributed by atoms with van der Waals surface area (Å²) < 4.78 is 12.7. The third-order valence-electron chi connectivity index (χ3n) is 5.47. The van der Waals surface area contributed by atoms with Crippen molar-refractivity contribution in [2.75, 3.05) is 24.7 Å². The molecule has 1 aliphatic heterocycles. The van der Waals surface area contributed by atoms with Gasteiger partial charge in [0.25, 0.3) is 5.91 Å². The SMILES string of the molecule is CCCCOc1cccc(C(=O)N(CC2CCCO2)c2nc3c(C)c(Cl)ccc3s2)c1. The van der Waals surface area contributed by atoms with E-state index in [2.05, 4.69) is 6.92 Å². The van der Waals surface area contributed by atoms with Crippen molar-refractivity contribution in [1.29, 1.82) is 0 Å². The molecule has 0 aliphatic carbocycles. The highest BCUT2D eigenvalue weighted by molar-refractivity contribution is 7.22. The van der Waals surface area contributed by atoms with Crippen LogP contribution in [0.4, 0.5) is 5.13 Å². The number of thiazole rings is 1. The molecular weight excluding hydrogens is 432 g/mol. The van der Waals surface area contributed by atoms with Gasteiger partial charge in [-0.25, -0.2) is 4.98 Å². The summed E-state index contributed by atoms with van der Waals surface area (Å²) in [5.41, 5.74) is 2.35. The van der Waals surface area contributed by atoms with E-state index < -0.39 is 0 Å². The van der Waals surface area contributed by atoms with Crippen LogP contribution in [0.25, 0.3) is 10.2 Å². The number of fused-ring (bicyclic) bond motifs is 1. The van der Waals surface area contributed by atoms with Gasteiger partial charge in [0.1, 0.15) is 5.75 Å². The Balaban J connectivity index is 1.66. The molecular formula is C24H27ClN2O3S. The molecule has 1 unspecified atom stereocenters. The molecule has 0 N–H and O–H groups in total. The third kappa shape index (κ3) is 5.03. The molecule has 5 nitrogen and oxygen atoms in total. The summed E-state index contributed by atoms with van der Waals surface area (Å²) in [6.45, 7) is 5.94. The number of halogens is 1. The fourth-order valence-electron chi connectivity index (χ4n) is 3.65. The zero-order valence-electron chi connectivity index (χ0n) is 17.9. The van der Waals surface area contributed by atoms with Crippen LogP contribution in [0.3, 0.4) is 0 Å². The Labute approximate surface area is 191 Å². The molecule has 2 heterocycles. The number of carbonyl (C=O) groups is 1. The van der Waals surface area contributed by atoms with Crippen LogP contribution in [0.1, 0.15) is 48.5 Å². The fraction of sp³-hybridized carbons (Fsp3) is 0.417. The molecule has 4 rings (SSSR count). The highest BCUT2D eigenvalue weighted by atomic mass is 35.5. The molecule has 1 amide bonds. The van der Waals surface area contributed by atoms with E-state index in [-0.39, 0.29) is 12.0 Å². The minimum Gasteiger partial charge on any atom is -0.494 e. The first-order chi connectivity index (χ1) is 15.1. The second-order valence-corrected chi connectivity index (χ2v) is 9.21. The lowest BCUT2D eigenvalue weighted by atomic mass is 10.1. The van der Waals surface area contributed by atoms with E-state index in [1.165, 1.54) is 11.3 Å². The largest absolute Gasteiger partial charge is 0.494 e. The molecule has 31 heavy (non-hydrogen) atoms. The zero-order chi connectivity index (χ0) is 21.8. The van der Waals surface area contributed by atoms with E-state index >= 15 is 0 Å². The van der Waals surface area contributed by atoms with Gasteiger partial charge in [0.2, 0.25) is 0 Å². The van der Waals surface area contributed by atoms with E-state index in [0.717, 1.165) is 48.1 Å². The van der Waals surface area contributed by atoms with Crippen molar-refractivity contribution in [3.63, 3.8) is 0 Å². The van der Waals surface area contributed by atoms with Crippen LogP contribution in [0, 0.1) is 6.92 Å². The minimum absolute atomic E-state index is 0.0182. The molecule has 2 aromatic carbocycles. The first kappa shape index (κ1) is 22.1. The van der Waals surface area contributed by atoms with Gasteiger partial charge in [0.15, 0.2) is 5.13 Å². The van der Waals surface area contributed by atoms with Gasteiger partial charge in [-0.2, -0.15) is 0 Å². The quantitative estimate of drug-likeness (QED) is 0.373. The van der Waals surface area contributed by atoms with Crippen LogP contribution >= 0.6 is 22.9 Å². The number of rotatable bonds is 8. The maximum atomic E-state index is 13.6. The van der Waals surface area contributed by atoms with Gasteiger partial charge in [0, 0.05) is 17.2 Å². The maximum absolute atomic E-state index is 13.6. The van der Waals surface area contributed by atoms with E-state index in [9.17, 15) is 4.79 Å². The normalized spacial score (nSPS) is 16.0. The standard InChI is InChI=1S/C24H27ClN2O3S/c1-3-4-12-29-18-8-5-7-17(14-18)23(28)27(15-19-9-6-13-30-19)24-26-22-16(2)20(25)10-11-21(22)31-24/h5,7-8,10-11,14,19H,3-4,6,9,12-13,15H2,1-2H3. The molecule has 1 aliphatic rings. The summed E-state index contributed by atoms with van der Waals surface area (Å²) in [7, 11) is 0. The van der Waals surface area contributed by atoms with Crippen LogP contribution in [0.2, 0.25) is 5.02 Å². The van der Waals surface area contributed by atoms with Crippen molar-refractivity contribution in [2.45, 2.75) is 45.6 Å². The number of aromatic nitrogens is 1. The first-order valence-electron chi connectivity index (χ1n) is 10.8. The zero-order valence-corrected chi connectivity index (χ0v) is 19.5. The topological polar surface area (TPSA) is 51.7 Å². The van der Waals surface area contributed by atoms with Crippen LogP contribution in [0.5, 0.6) is 5.75 Å². The highest BCUT2D eigenvalue weighted by Crippen LogP contribution is 2.35.